The maximum atomic E-state index is 15.6. The number of halogens is 2. The third-order valence-corrected chi connectivity index (χ3v) is 9.38. The molecule has 0 spiro atoms. The Labute approximate surface area is 268 Å². The molecule has 4 rings (SSSR count). The monoisotopic (exact) mass is 619 g/mol. The summed E-state index contributed by atoms with van der Waals surface area (Å²) >= 11 is 0. The maximum absolute atomic E-state index is 15.6. The van der Waals surface area contributed by atoms with Crippen LogP contribution in [0.1, 0.15) is 70.9 Å². The van der Waals surface area contributed by atoms with Gasteiger partial charge in [-0.1, -0.05) is 46.8 Å². The van der Waals surface area contributed by atoms with Crippen LogP contribution in [-0.4, -0.2) is 73.2 Å². The summed E-state index contributed by atoms with van der Waals surface area (Å²) in [6.07, 6.45) is 8.02. The Morgan fingerprint density at radius 3 is 2.53 bits per heavy atom. The number of amidine groups is 1. The van der Waals surface area contributed by atoms with Gasteiger partial charge in [-0.2, -0.15) is 0 Å². The maximum Gasteiger partial charge on any atom is 0.151 e. The van der Waals surface area contributed by atoms with E-state index in [9.17, 15) is 0 Å². The molecule has 9 heteroatoms. The predicted molar refractivity (Wildman–Crippen MR) is 186 cm³/mol. The van der Waals surface area contributed by atoms with Gasteiger partial charge in [-0.15, -0.1) is 0 Å². The molecular formula is C36H51F2N7. The lowest BCUT2D eigenvalue weighted by Crippen LogP contribution is -2.43. The number of aromatic nitrogens is 1. The van der Waals surface area contributed by atoms with Crippen molar-refractivity contribution in [3.05, 3.63) is 66.0 Å². The molecule has 0 bridgehead atoms. The van der Waals surface area contributed by atoms with Crippen molar-refractivity contribution in [3.63, 3.8) is 0 Å². The molecule has 3 unspecified atom stereocenters. The Kier molecular flexibility index (Phi) is 12.4. The number of aliphatic imine (C=N–C) groups is 2. The molecular weight excluding hydrogens is 568 g/mol. The predicted octanol–water partition coefficient (Wildman–Crippen LogP) is 8.09. The first kappa shape index (κ1) is 34.4. The van der Waals surface area contributed by atoms with E-state index in [1.165, 1.54) is 6.07 Å². The van der Waals surface area contributed by atoms with E-state index in [0.717, 1.165) is 83.1 Å². The fourth-order valence-corrected chi connectivity index (χ4v) is 5.97. The van der Waals surface area contributed by atoms with Gasteiger partial charge in [0.25, 0.3) is 0 Å². The van der Waals surface area contributed by atoms with Crippen LogP contribution >= 0.6 is 0 Å². The number of anilines is 2. The highest BCUT2D eigenvalue weighted by Gasteiger charge is 2.29. The fraction of sp³-hybridized carbons (Fsp3) is 0.528. The summed E-state index contributed by atoms with van der Waals surface area (Å²) < 4.78 is 30.9. The molecule has 7 nitrogen and oxygen atoms in total. The van der Waals surface area contributed by atoms with Crippen molar-refractivity contribution in [2.75, 3.05) is 50.0 Å². The van der Waals surface area contributed by atoms with Crippen molar-refractivity contribution in [2.24, 2.45) is 21.8 Å². The Morgan fingerprint density at radius 1 is 1.13 bits per heavy atom. The average Bonchev–Trinajstić information content (AvgIpc) is 3.51. The number of benzene rings is 1. The number of nitrogens with zero attached hydrogens (tertiary/aromatic N) is 6. The third-order valence-electron chi connectivity index (χ3n) is 9.38. The van der Waals surface area contributed by atoms with Gasteiger partial charge in [-0.05, 0) is 74.7 Å². The summed E-state index contributed by atoms with van der Waals surface area (Å²) in [5.41, 5.74) is 2.44. The second-order valence-corrected chi connectivity index (χ2v) is 12.8. The van der Waals surface area contributed by atoms with Crippen LogP contribution in [0.3, 0.4) is 0 Å². The number of nitrogens with one attached hydrogen (secondary N) is 1. The molecule has 2 aliphatic rings. The molecule has 3 heterocycles. The van der Waals surface area contributed by atoms with Crippen LogP contribution in [0.5, 0.6) is 0 Å². The molecule has 0 saturated carbocycles. The summed E-state index contributed by atoms with van der Waals surface area (Å²) in [7, 11) is 2.15. The fourth-order valence-electron chi connectivity index (χ4n) is 5.97. The van der Waals surface area contributed by atoms with Gasteiger partial charge < -0.3 is 15.1 Å². The standard InChI is InChI=1S/C36H51F2N7/c1-8-25(3)19-30-11-10-14-45(30)33-21-29(20-31(37)35(33)39-6)27(5)32(38)23-41-36(26(4)9-2)42-34-13-12-28(22-40-34)24-44-17-15-43(7)16-18-44/h12-13,20-23,25-26,30H,5-6,8-11,14-19,24H2,1-4,7H3,(H,40,41,42)/b32-23+. The Hall–Kier alpha value is -3.43. The van der Waals surface area contributed by atoms with Crippen LogP contribution in [0.4, 0.5) is 26.0 Å². The van der Waals surface area contributed by atoms with Crippen LogP contribution in [0.2, 0.25) is 0 Å². The van der Waals surface area contributed by atoms with Crippen molar-refractivity contribution in [3.8, 4) is 0 Å². The first-order valence-corrected chi connectivity index (χ1v) is 16.5. The summed E-state index contributed by atoms with van der Waals surface area (Å²) in [5, 5.41) is 3.29. The minimum atomic E-state index is -0.629. The van der Waals surface area contributed by atoms with Crippen LogP contribution in [0.25, 0.3) is 5.57 Å². The molecule has 1 aromatic carbocycles. The smallest absolute Gasteiger partial charge is 0.151 e. The van der Waals surface area contributed by atoms with E-state index in [1.807, 2.05) is 19.2 Å². The summed E-state index contributed by atoms with van der Waals surface area (Å²) in [5.74, 6) is 0.682. The Bertz CT molecular complexity index is 1360. The largest absolute Gasteiger partial charge is 0.367 e. The summed E-state index contributed by atoms with van der Waals surface area (Å²) in [6, 6.07) is 7.38. The number of piperazine rings is 1. The van der Waals surface area contributed by atoms with E-state index in [0.29, 0.717) is 28.8 Å². The van der Waals surface area contributed by atoms with Crippen LogP contribution in [0, 0.1) is 17.7 Å². The van der Waals surface area contributed by atoms with Crippen molar-refractivity contribution < 1.29 is 8.78 Å². The number of likely N-dealkylation sites (N-methyl/N-ethyl adjacent to an activating group) is 1. The highest BCUT2D eigenvalue weighted by atomic mass is 19.1. The van der Waals surface area contributed by atoms with Crippen LogP contribution in [-0.2, 0) is 6.54 Å². The van der Waals surface area contributed by atoms with Gasteiger partial charge in [0, 0.05) is 63.0 Å². The van der Waals surface area contributed by atoms with Gasteiger partial charge in [0.1, 0.15) is 23.2 Å². The molecule has 0 amide bonds. The molecule has 0 radical (unpaired) electrons. The highest BCUT2D eigenvalue weighted by molar-refractivity contribution is 5.96. The molecule has 244 valence electrons. The molecule has 2 saturated heterocycles. The molecule has 1 N–H and O–H groups in total. The van der Waals surface area contributed by atoms with Crippen molar-refractivity contribution >= 4 is 35.3 Å². The third kappa shape index (κ3) is 9.07. The minimum absolute atomic E-state index is 0.0359. The zero-order valence-corrected chi connectivity index (χ0v) is 27.8. The number of pyridine rings is 1. The van der Waals surface area contributed by atoms with E-state index in [-0.39, 0.29) is 23.2 Å². The molecule has 2 fully saturated rings. The number of hydrogen-bond acceptors (Lipinski definition) is 6. The van der Waals surface area contributed by atoms with E-state index in [4.69, 9.17) is 0 Å². The second-order valence-electron chi connectivity index (χ2n) is 12.8. The van der Waals surface area contributed by atoms with Gasteiger partial charge in [0.05, 0.1) is 11.9 Å². The molecule has 0 aliphatic carbocycles. The lowest BCUT2D eigenvalue weighted by atomic mass is 9.97. The van der Waals surface area contributed by atoms with Crippen molar-refractivity contribution in [1.82, 2.24) is 14.8 Å². The number of allylic oxidation sites excluding steroid dienone is 2. The minimum Gasteiger partial charge on any atom is -0.367 e. The quantitative estimate of drug-likeness (QED) is 0.140. The first-order chi connectivity index (χ1) is 21.6. The Balaban J connectivity index is 1.51. The van der Waals surface area contributed by atoms with Gasteiger partial charge in [-0.3, -0.25) is 9.89 Å². The molecule has 1 aromatic heterocycles. The molecule has 45 heavy (non-hydrogen) atoms. The summed E-state index contributed by atoms with van der Waals surface area (Å²) in [4.78, 5) is 20.1. The number of rotatable bonds is 13. The Morgan fingerprint density at radius 2 is 1.89 bits per heavy atom. The average molecular weight is 620 g/mol. The van der Waals surface area contributed by atoms with Crippen molar-refractivity contribution in [2.45, 2.75) is 72.4 Å². The van der Waals surface area contributed by atoms with Gasteiger partial charge in [-0.25, -0.2) is 18.8 Å². The zero-order valence-electron chi connectivity index (χ0n) is 27.8. The highest BCUT2D eigenvalue weighted by Crippen LogP contribution is 2.40. The molecule has 2 aromatic rings. The molecule has 2 aliphatic heterocycles. The van der Waals surface area contributed by atoms with E-state index in [1.54, 1.807) is 6.07 Å². The number of hydrogen-bond donors (Lipinski definition) is 1. The summed E-state index contributed by atoms with van der Waals surface area (Å²) in [6.45, 7) is 22.0. The lowest BCUT2D eigenvalue weighted by molar-refractivity contribution is 0.148. The lowest BCUT2D eigenvalue weighted by Gasteiger charge is -2.32. The second kappa shape index (κ2) is 16.2. The van der Waals surface area contributed by atoms with Crippen LogP contribution < -0.4 is 10.2 Å². The van der Waals surface area contributed by atoms with E-state index < -0.39 is 11.6 Å². The normalized spacial score (nSPS) is 19.9. The zero-order chi connectivity index (χ0) is 32.5. The topological polar surface area (TPSA) is 59.4 Å². The SMILES string of the molecule is C=Nc1c(F)cc(C(=C)/C(F)=C\N=C(Nc2ccc(CN3CCN(C)CC3)cn2)C(C)CC)cc1N1CCCC1CC(C)CC. The van der Waals surface area contributed by atoms with Gasteiger partial charge in [0.15, 0.2) is 5.82 Å². The first-order valence-electron chi connectivity index (χ1n) is 16.5. The van der Waals surface area contributed by atoms with E-state index >= 15 is 8.78 Å². The van der Waals surface area contributed by atoms with Crippen LogP contribution in [0.15, 0.2) is 59.1 Å². The van der Waals surface area contributed by atoms with E-state index in [2.05, 4.69) is 82.2 Å². The van der Waals surface area contributed by atoms with Gasteiger partial charge in [0.2, 0.25) is 0 Å². The van der Waals surface area contributed by atoms with Gasteiger partial charge >= 0.3 is 0 Å². The van der Waals surface area contributed by atoms with Crippen molar-refractivity contribution in [1.29, 1.82) is 0 Å². The molecule has 3 atom stereocenters.